The van der Waals surface area contributed by atoms with Gasteiger partial charge in [0.05, 0.1) is 57.0 Å². The number of carbonyl (C=O) groups is 1. The van der Waals surface area contributed by atoms with Gasteiger partial charge in [-0.25, -0.2) is 25.2 Å². The first kappa shape index (κ1) is 50.1. The summed E-state index contributed by atoms with van der Waals surface area (Å²) in [5, 5.41) is 27.9. The van der Waals surface area contributed by atoms with Crippen LogP contribution in [0, 0.1) is 0 Å². The van der Waals surface area contributed by atoms with Crippen molar-refractivity contribution in [1.82, 2.24) is 0 Å². The van der Waals surface area contributed by atoms with Crippen molar-refractivity contribution in [3.63, 3.8) is 0 Å². The summed E-state index contributed by atoms with van der Waals surface area (Å²) in [4.78, 5) is 10.1. The molecule has 5 rings (SSSR count). The largest absolute Gasteiger partial charge is 0.505 e. The molecule has 0 unspecified atom stereocenters. The van der Waals surface area contributed by atoms with E-state index in [-0.39, 0.29) is 32.4 Å². The van der Waals surface area contributed by atoms with Gasteiger partial charge < -0.3 is 16.2 Å². The molecule has 8 N–H and O–H groups in total. The van der Waals surface area contributed by atoms with E-state index in [1.54, 1.807) is 0 Å². The molecule has 1 amide bonds. The van der Waals surface area contributed by atoms with E-state index < -0.39 is 135 Å². The summed E-state index contributed by atoms with van der Waals surface area (Å²) in [6, 6.07) is 15.1. The Labute approximate surface area is 368 Å². The Kier molecular flexibility index (Phi) is 14.6. The Morgan fingerprint density at radius 2 is 1.05 bits per heavy atom. The third-order valence-corrected chi connectivity index (χ3v) is 14.4. The highest BCUT2D eigenvalue weighted by molar-refractivity contribution is 7.91. The quantitative estimate of drug-likeness (QED) is 0.0372. The molecule has 0 radical (unpaired) electrons. The maximum atomic E-state index is 13.0. The Bertz CT molecular complexity index is 3460. The van der Waals surface area contributed by atoms with Crippen LogP contribution in [-0.4, -0.2) is 104 Å². The molecule has 0 atom stereocenters. The Hall–Kier alpha value is -5.91. The van der Waals surface area contributed by atoms with E-state index >= 15 is 0 Å². The average Bonchev–Trinajstić information content (AvgIpc) is 3.18. The predicted molar refractivity (Wildman–Crippen MR) is 224 cm³/mol. The zero-order valence-electron chi connectivity index (χ0n) is 32.1. The second kappa shape index (κ2) is 18.9. The summed E-state index contributed by atoms with van der Waals surface area (Å²) in [6.45, 7) is -1.80. The first-order valence-corrected chi connectivity index (χ1v) is 26.1. The number of carbonyl (C=O) groups excluding carboxylic acids is 1. The summed E-state index contributed by atoms with van der Waals surface area (Å²) in [7, 11) is -28.6. The number of fused-ring (bicyclic) bond motifs is 1. The van der Waals surface area contributed by atoms with Gasteiger partial charge >= 0.3 is 20.8 Å². The average molecular weight is 1020 g/mol. The van der Waals surface area contributed by atoms with Crippen molar-refractivity contribution in [1.29, 1.82) is 0 Å². The number of hydrogen-bond acceptors (Lipinski definition) is 21. The topological polar surface area (TPSA) is 429 Å². The fourth-order valence-corrected chi connectivity index (χ4v) is 9.77. The number of azo groups is 2. The lowest BCUT2D eigenvalue weighted by Crippen LogP contribution is -2.16. The van der Waals surface area contributed by atoms with Crippen molar-refractivity contribution in [2.75, 3.05) is 35.8 Å². The lowest BCUT2D eigenvalue weighted by molar-refractivity contribution is 0.102. The molecule has 0 aliphatic heterocycles. The Balaban J connectivity index is 1.44. The highest BCUT2D eigenvalue weighted by atomic mass is 32.3. The third-order valence-electron chi connectivity index (χ3n) is 8.35. The van der Waals surface area contributed by atoms with E-state index in [1.165, 1.54) is 42.5 Å². The minimum absolute atomic E-state index is 0.00118. The zero-order valence-corrected chi connectivity index (χ0v) is 37.0. The minimum Gasteiger partial charge on any atom is -0.505 e. The molecule has 0 bridgehead atoms. The van der Waals surface area contributed by atoms with Crippen molar-refractivity contribution < 1.29 is 87.0 Å². The van der Waals surface area contributed by atoms with Crippen LogP contribution in [0.5, 0.6) is 5.75 Å². The lowest BCUT2D eigenvalue weighted by atomic mass is 10.1. The van der Waals surface area contributed by atoms with Crippen LogP contribution in [0.25, 0.3) is 10.8 Å². The van der Waals surface area contributed by atoms with Crippen molar-refractivity contribution in [2.45, 2.75) is 19.6 Å². The summed E-state index contributed by atoms with van der Waals surface area (Å²) in [5.74, 6) is -3.56. The maximum Gasteiger partial charge on any atom is 0.397 e. The second-order valence-corrected chi connectivity index (χ2v) is 22.0. The number of nitrogens with one attached hydrogen (secondary N) is 1. The number of amides is 1. The highest BCUT2D eigenvalue weighted by Gasteiger charge is 2.28. The number of rotatable bonds is 18. The standard InChI is InChI=1S/C33H30N6O20S6/c34-29-28-20(16-26(62(46,47)48)30(29)38-36-22-8-10-24(11-9-22)60(42,43)14-12-58-64(52,53)54)17-27(63(49,50)51)31(32(28)40)39-37-21-6-4-19(5-7-21)33(41)35-23-2-1-3-25(18-23)61(44,45)15-13-59-65(55,56)57/h1-11,16-18,40H,12-15,34H2,(H,35,41)(H,46,47,48)(H,49,50,51)(H,52,53,54)(H,55,56,57). The van der Waals surface area contributed by atoms with Gasteiger partial charge in [-0.05, 0) is 84.2 Å². The van der Waals surface area contributed by atoms with E-state index in [4.69, 9.17) is 14.8 Å². The number of nitrogens with zero attached hydrogens (tertiary/aromatic N) is 4. The molecule has 0 fully saturated rings. The summed E-state index contributed by atoms with van der Waals surface area (Å²) >= 11 is 0. The van der Waals surface area contributed by atoms with Crippen LogP contribution in [0.15, 0.2) is 125 Å². The van der Waals surface area contributed by atoms with Crippen LogP contribution < -0.4 is 11.1 Å². The van der Waals surface area contributed by atoms with Crippen molar-refractivity contribution >= 4 is 112 Å². The van der Waals surface area contributed by atoms with Gasteiger partial charge in [-0.3, -0.25) is 23.0 Å². The molecule has 0 saturated heterocycles. The predicted octanol–water partition coefficient (Wildman–Crippen LogP) is 3.89. The number of phenolic OH excluding ortho intramolecular Hbond substituents is 1. The van der Waals surface area contributed by atoms with Gasteiger partial charge in [0.1, 0.15) is 21.2 Å². The molecule has 0 aliphatic carbocycles. The van der Waals surface area contributed by atoms with Crippen molar-refractivity contribution in [3.05, 3.63) is 90.5 Å². The Morgan fingerprint density at radius 3 is 1.54 bits per heavy atom. The van der Waals surface area contributed by atoms with E-state index in [2.05, 4.69) is 34.1 Å². The molecule has 0 spiro atoms. The van der Waals surface area contributed by atoms with Gasteiger partial charge in [0, 0.05) is 11.3 Å². The number of nitrogen functional groups attached to an aromatic ring is 1. The van der Waals surface area contributed by atoms with Gasteiger partial charge in [-0.15, -0.1) is 10.2 Å². The molecule has 5 aromatic rings. The first-order valence-electron chi connectivity index (χ1n) is 17.2. The van der Waals surface area contributed by atoms with E-state index in [9.17, 15) is 69.5 Å². The molecule has 0 aliphatic rings. The summed E-state index contributed by atoms with van der Waals surface area (Å²) < 4.78 is 188. The maximum absolute atomic E-state index is 13.0. The van der Waals surface area contributed by atoms with Gasteiger partial charge in [0.2, 0.25) is 0 Å². The van der Waals surface area contributed by atoms with E-state index in [1.807, 2.05) is 0 Å². The van der Waals surface area contributed by atoms with Crippen LogP contribution in [0.1, 0.15) is 10.4 Å². The first-order chi connectivity index (χ1) is 29.9. The number of sulfone groups is 2. The minimum atomic E-state index is -5.29. The van der Waals surface area contributed by atoms with Crippen LogP contribution in [0.4, 0.5) is 34.1 Å². The lowest BCUT2D eigenvalue weighted by Gasteiger charge is -2.14. The SMILES string of the molecule is Nc1c(N=Nc2ccc(S(=O)(=O)CCOS(=O)(=O)O)cc2)c(S(=O)(=O)O)cc2cc(S(=O)(=O)O)c(N=Nc3ccc(C(=O)Nc4cccc(S(=O)(=O)CCOS(=O)(=O)O)c4)cc3)c(O)c12. The van der Waals surface area contributed by atoms with Gasteiger partial charge in [-0.2, -0.15) is 43.9 Å². The highest BCUT2D eigenvalue weighted by Crippen LogP contribution is 2.48. The number of aromatic hydroxyl groups is 1. The molecule has 65 heavy (non-hydrogen) atoms. The molecule has 32 heteroatoms. The molecule has 26 nitrogen and oxygen atoms in total. The molecular weight excluding hydrogens is 993 g/mol. The number of nitrogens with two attached hydrogens (primary N) is 1. The summed E-state index contributed by atoms with van der Waals surface area (Å²) in [6.07, 6.45) is 0. The number of benzene rings is 5. The fourth-order valence-electron chi connectivity index (χ4n) is 5.42. The molecule has 0 aromatic heterocycles. The molecule has 0 heterocycles. The number of phenols is 1. The Morgan fingerprint density at radius 1 is 0.585 bits per heavy atom. The third kappa shape index (κ3) is 13.1. The van der Waals surface area contributed by atoms with Gasteiger partial charge in [-0.1, -0.05) is 6.07 Å². The van der Waals surface area contributed by atoms with Crippen LogP contribution in [0.3, 0.4) is 0 Å². The van der Waals surface area contributed by atoms with Crippen molar-refractivity contribution in [3.8, 4) is 5.75 Å². The fraction of sp³-hybridized carbons (Fsp3) is 0.121. The summed E-state index contributed by atoms with van der Waals surface area (Å²) in [5.41, 5.74) is 3.46. The number of hydrogen-bond donors (Lipinski definition) is 7. The van der Waals surface area contributed by atoms with Crippen molar-refractivity contribution in [2.24, 2.45) is 20.5 Å². The normalized spacial score (nSPS) is 13.2. The molecular formula is C33H30N6O20S6. The van der Waals surface area contributed by atoms with Crippen LogP contribution in [-0.2, 0) is 69.1 Å². The monoisotopic (exact) mass is 1020 g/mol. The van der Waals surface area contributed by atoms with Gasteiger partial charge in [0.15, 0.2) is 25.4 Å². The van der Waals surface area contributed by atoms with Crippen LogP contribution in [0.2, 0.25) is 0 Å². The molecule has 0 saturated carbocycles. The van der Waals surface area contributed by atoms with E-state index in [0.29, 0.717) is 12.1 Å². The van der Waals surface area contributed by atoms with E-state index in [0.717, 1.165) is 30.3 Å². The van der Waals surface area contributed by atoms with Crippen LogP contribution >= 0.6 is 0 Å². The smallest absolute Gasteiger partial charge is 0.397 e. The zero-order chi connectivity index (χ0) is 48.3. The second-order valence-electron chi connectivity index (χ2n) is 12.8. The molecule has 348 valence electrons. The van der Waals surface area contributed by atoms with Gasteiger partial charge in [0.25, 0.3) is 26.1 Å². The number of anilines is 2. The molecule has 5 aromatic carbocycles.